The molecule has 0 amide bonds. The van der Waals surface area contributed by atoms with Gasteiger partial charge in [-0.2, -0.15) is 5.10 Å². The van der Waals surface area contributed by atoms with Gasteiger partial charge in [0, 0.05) is 15.7 Å². The van der Waals surface area contributed by atoms with E-state index in [9.17, 15) is 0 Å². The van der Waals surface area contributed by atoms with E-state index < -0.39 is 0 Å². The fourth-order valence-electron chi connectivity index (χ4n) is 2.26. The molecule has 0 bridgehead atoms. The number of hydrogen-bond donors (Lipinski definition) is 1. The Labute approximate surface area is 102 Å². The maximum absolute atomic E-state index is 5.92. The first-order chi connectivity index (χ1) is 7.75. The number of anilines is 1. The van der Waals surface area contributed by atoms with E-state index in [1.54, 1.807) is 0 Å². The zero-order chi connectivity index (χ0) is 11.1. The molecular formula is C12H12BrN3. The molecule has 1 aromatic carbocycles. The normalized spacial score (nSPS) is 14.1. The van der Waals surface area contributed by atoms with Crippen LogP contribution in [0.15, 0.2) is 28.7 Å². The minimum absolute atomic E-state index is 0.690. The Morgan fingerprint density at radius 1 is 1.19 bits per heavy atom. The van der Waals surface area contributed by atoms with E-state index in [-0.39, 0.29) is 0 Å². The van der Waals surface area contributed by atoms with E-state index in [0.29, 0.717) is 5.82 Å². The summed E-state index contributed by atoms with van der Waals surface area (Å²) in [4.78, 5) is 0. The first-order valence-electron chi connectivity index (χ1n) is 5.38. The lowest BCUT2D eigenvalue weighted by atomic mass is 10.2. The topological polar surface area (TPSA) is 43.8 Å². The van der Waals surface area contributed by atoms with Crippen molar-refractivity contribution >= 4 is 21.7 Å². The molecule has 0 unspecified atom stereocenters. The van der Waals surface area contributed by atoms with Crippen LogP contribution < -0.4 is 5.73 Å². The molecule has 16 heavy (non-hydrogen) atoms. The lowest BCUT2D eigenvalue weighted by molar-refractivity contribution is 0.788. The summed E-state index contributed by atoms with van der Waals surface area (Å²) >= 11 is 3.43. The molecular weight excluding hydrogens is 266 g/mol. The van der Waals surface area contributed by atoms with Crippen molar-refractivity contribution in [2.24, 2.45) is 0 Å². The minimum Gasteiger partial charge on any atom is -0.382 e. The minimum atomic E-state index is 0.690. The Bertz CT molecular complexity index is 528. The van der Waals surface area contributed by atoms with Gasteiger partial charge in [-0.1, -0.05) is 15.9 Å². The van der Waals surface area contributed by atoms with Gasteiger partial charge in [-0.3, -0.25) is 0 Å². The van der Waals surface area contributed by atoms with Crippen molar-refractivity contribution in [2.45, 2.75) is 19.3 Å². The Morgan fingerprint density at radius 2 is 1.94 bits per heavy atom. The van der Waals surface area contributed by atoms with Gasteiger partial charge in [0.15, 0.2) is 0 Å². The third-order valence-electron chi connectivity index (χ3n) is 3.03. The van der Waals surface area contributed by atoms with Gasteiger partial charge in [0.05, 0.1) is 5.69 Å². The summed E-state index contributed by atoms with van der Waals surface area (Å²) in [7, 11) is 0. The van der Waals surface area contributed by atoms with E-state index in [1.165, 1.54) is 17.7 Å². The molecule has 0 fully saturated rings. The van der Waals surface area contributed by atoms with Crippen molar-refractivity contribution in [2.75, 3.05) is 5.73 Å². The lowest BCUT2D eigenvalue weighted by Crippen LogP contribution is -2.01. The van der Waals surface area contributed by atoms with Crippen molar-refractivity contribution in [3.63, 3.8) is 0 Å². The molecule has 0 radical (unpaired) electrons. The summed E-state index contributed by atoms with van der Waals surface area (Å²) in [6.07, 6.45) is 3.33. The molecule has 1 aliphatic rings. The fourth-order valence-corrected chi connectivity index (χ4v) is 2.53. The number of aromatic nitrogens is 2. The molecule has 3 rings (SSSR count). The molecule has 0 saturated carbocycles. The number of hydrogen-bond acceptors (Lipinski definition) is 2. The molecule has 4 heteroatoms. The van der Waals surface area contributed by atoms with Crippen LogP contribution in [0.25, 0.3) is 5.69 Å². The van der Waals surface area contributed by atoms with E-state index in [1.807, 2.05) is 16.8 Å². The summed E-state index contributed by atoms with van der Waals surface area (Å²) in [5.41, 5.74) is 9.52. The van der Waals surface area contributed by atoms with Gasteiger partial charge in [0.1, 0.15) is 5.82 Å². The van der Waals surface area contributed by atoms with Crippen LogP contribution in [0.2, 0.25) is 0 Å². The number of nitrogen functional groups attached to an aromatic ring is 1. The third-order valence-corrected chi connectivity index (χ3v) is 3.56. The van der Waals surface area contributed by atoms with Crippen molar-refractivity contribution in [3.8, 4) is 5.69 Å². The van der Waals surface area contributed by atoms with Crippen LogP contribution in [0, 0.1) is 0 Å². The second-order valence-corrected chi connectivity index (χ2v) is 4.97. The molecule has 2 aromatic rings. The Balaban J connectivity index is 2.13. The maximum Gasteiger partial charge on any atom is 0.149 e. The highest BCUT2D eigenvalue weighted by Gasteiger charge is 2.21. The molecule has 1 heterocycles. The molecule has 0 saturated heterocycles. The van der Waals surface area contributed by atoms with Crippen LogP contribution in [0.3, 0.4) is 0 Å². The van der Waals surface area contributed by atoms with Crippen LogP contribution in [-0.4, -0.2) is 9.78 Å². The summed E-state index contributed by atoms with van der Waals surface area (Å²) in [5.74, 6) is 0.690. The Kier molecular flexibility index (Phi) is 2.24. The number of rotatable bonds is 1. The van der Waals surface area contributed by atoms with Crippen molar-refractivity contribution in [3.05, 3.63) is 40.0 Å². The smallest absolute Gasteiger partial charge is 0.149 e. The first-order valence-corrected chi connectivity index (χ1v) is 6.17. The highest BCUT2D eigenvalue weighted by atomic mass is 79.9. The van der Waals surface area contributed by atoms with Crippen LogP contribution in [0.1, 0.15) is 17.7 Å². The lowest BCUT2D eigenvalue weighted by Gasteiger charge is -2.04. The zero-order valence-electron chi connectivity index (χ0n) is 8.78. The molecule has 0 spiro atoms. The van der Waals surface area contributed by atoms with E-state index in [0.717, 1.165) is 23.0 Å². The predicted octanol–water partition coefficient (Wildman–Crippen LogP) is 2.71. The van der Waals surface area contributed by atoms with Gasteiger partial charge in [-0.05, 0) is 43.5 Å². The van der Waals surface area contributed by atoms with E-state index in [2.05, 4.69) is 33.2 Å². The number of nitrogens with zero attached hydrogens (tertiary/aromatic N) is 2. The monoisotopic (exact) mass is 277 g/mol. The van der Waals surface area contributed by atoms with Gasteiger partial charge >= 0.3 is 0 Å². The predicted molar refractivity (Wildman–Crippen MR) is 67.7 cm³/mol. The van der Waals surface area contributed by atoms with E-state index in [4.69, 9.17) is 5.73 Å². The van der Waals surface area contributed by atoms with Crippen molar-refractivity contribution in [1.82, 2.24) is 9.78 Å². The largest absolute Gasteiger partial charge is 0.382 e. The molecule has 1 aromatic heterocycles. The molecule has 1 aliphatic carbocycles. The summed E-state index contributed by atoms with van der Waals surface area (Å²) in [6.45, 7) is 0. The van der Waals surface area contributed by atoms with Crippen molar-refractivity contribution < 1.29 is 0 Å². The van der Waals surface area contributed by atoms with Gasteiger partial charge in [-0.25, -0.2) is 4.68 Å². The number of halogens is 1. The SMILES string of the molecule is Nc1nn(-c2ccc(Br)cc2)c2c1CCC2. The van der Waals surface area contributed by atoms with Gasteiger partial charge in [-0.15, -0.1) is 0 Å². The number of benzene rings is 1. The quantitative estimate of drug-likeness (QED) is 0.871. The summed E-state index contributed by atoms with van der Waals surface area (Å²) < 4.78 is 3.05. The molecule has 3 nitrogen and oxygen atoms in total. The third kappa shape index (κ3) is 1.45. The number of fused-ring (bicyclic) bond motifs is 1. The Hall–Kier alpha value is -1.29. The molecule has 82 valence electrons. The second kappa shape index (κ2) is 3.63. The van der Waals surface area contributed by atoms with Crippen LogP contribution in [0.5, 0.6) is 0 Å². The molecule has 2 N–H and O–H groups in total. The van der Waals surface area contributed by atoms with Crippen molar-refractivity contribution in [1.29, 1.82) is 0 Å². The van der Waals surface area contributed by atoms with Crippen LogP contribution in [-0.2, 0) is 12.8 Å². The number of nitrogens with two attached hydrogens (primary N) is 1. The standard InChI is InChI=1S/C12H12BrN3/c13-8-4-6-9(7-5-8)16-11-3-1-2-10(11)12(14)15-16/h4-7H,1-3H2,(H2,14,15). The zero-order valence-corrected chi connectivity index (χ0v) is 10.4. The maximum atomic E-state index is 5.92. The molecule has 0 atom stereocenters. The van der Waals surface area contributed by atoms with Gasteiger partial charge < -0.3 is 5.73 Å². The van der Waals surface area contributed by atoms with Crippen LogP contribution >= 0.6 is 15.9 Å². The second-order valence-electron chi connectivity index (χ2n) is 4.05. The van der Waals surface area contributed by atoms with Gasteiger partial charge in [0.25, 0.3) is 0 Å². The van der Waals surface area contributed by atoms with Crippen LogP contribution in [0.4, 0.5) is 5.82 Å². The summed E-state index contributed by atoms with van der Waals surface area (Å²) in [6, 6.07) is 8.15. The first kappa shape index (κ1) is 9.90. The van der Waals surface area contributed by atoms with Gasteiger partial charge in [0.2, 0.25) is 0 Å². The average Bonchev–Trinajstić information content (AvgIpc) is 2.84. The highest BCUT2D eigenvalue weighted by molar-refractivity contribution is 9.10. The summed E-state index contributed by atoms with van der Waals surface area (Å²) in [5, 5.41) is 4.41. The molecule has 0 aliphatic heterocycles. The Morgan fingerprint density at radius 3 is 2.69 bits per heavy atom. The fraction of sp³-hybridized carbons (Fsp3) is 0.250. The van der Waals surface area contributed by atoms with E-state index >= 15 is 0 Å². The average molecular weight is 278 g/mol. The highest BCUT2D eigenvalue weighted by Crippen LogP contribution is 2.29.